The van der Waals surface area contributed by atoms with Crippen LogP contribution in [0.15, 0.2) is 24.3 Å². The van der Waals surface area contributed by atoms with E-state index in [1.165, 1.54) is 12.1 Å². The van der Waals surface area contributed by atoms with Crippen molar-refractivity contribution in [2.45, 2.75) is 25.9 Å². The Morgan fingerprint density at radius 3 is 2.33 bits per heavy atom. The summed E-state index contributed by atoms with van der Waals surface area (Å²) in [5, 5.41) is 2.73. The number of nitrogens with two attached hydrogens (primary N) is 1. The normalized spacial score (nSPS) is 14.4. The van der Waals surface area contributed by atoms with Gasteiger partial charge < -0.3 is 11.1 Å². The van der Waals surface area contributed by atoms with Gasteiger partial charge in [0.2, 0.25) is 5.91 Å². The smallest absolute Gasteiger partial charge is 0.237 e. The average Bonchev–Trinajstić information content (AvgIpc) is 2.18. The van der Waals surface area contributed by atoms with Gasteiger partial charge in [0.1, 0.15) is 5.82 Å². The van der Waals surface area contributed by atoms with Crippen LogP contribution in [0.25, 0.3) is 0 Å². The highest BCUT2D eigenvalue weighted by Crippen LogP contribution is 2.12. The standard InChI is InChI=1S/C11H15FN2O/c1-7(13)11(15)14-8(2)9-3-5-10(12)6-4-9/h3-8H,13H2,1-2H3,(H,14,15). The molecule has 82 valence electrons. The van der Waals surface area contributed by atoms with Crippen LogP contribution in [0.2, 0.25) is 0 Å². The third-order valence-corrected chi connectivity index (χ3v) is 2.14. The Balaban J connectivity index is 2.65. The molecule has 0 aliphatic carbocycles. The molecule has 1 rings (SSSR count). The number of carbonyl (C=O) groups is 1. The van der Waals surface area contributed by atoms with Crippen molar-refractivity contribution in [1.29, 1.82) is 0 Å². The summed E-state index contributed by atoms with van der Waals surface area (Å²) in [6.45, 7) is 3.44. The van der Waals surface area contributed by atoms with E-state index in [0.29, 0.717) is 0 Å². The van der Waals surface area contributed by atoms with Crippen LogP contribution in [0.5, 0.6) is 0 Å². The van der Waals surface area contributed by atoms with Crippen LogP contribution in [0.1, 0.15) is 25.5 Å². The van der Waals surface area contributed by atoms with Gasteiger partial charge in [-0.05, 0) is 31.5 Å². The van der Waals surface area contributed by atoms with E-state index in [9.17, 15) is 9.18 Å². The first-order valence-electron chi connectivity index (χ1n) is 4.82. The topological polar surface area (TPSA) is 55.1 Å². The van der Waals surface area contributed by atoms with Gasteiger partial charge in [0.05, 0.1) is 12.1 Å². The summed E-state index contributed by atoms with van der Waals surface area (Å²) in [6.07, 6.45) is 0. The van der Waals surface area contributed by atoms with E-state index >= 15 is 0 Å². The number of amides is 1. The third kappa shape index (κ3) is 3.32. The molecule has 1 amide bonds. The Morgan fingerprint density at radius 2 is 1.87 bits per heavy atom. The minimum absolute atomic E-state index is 0.163. The van der Waals surface area contributed by atoms with Crippen molar-refractivity contribution < 1.29 is 9.18 Å². The van der Waals surface area contributed by atoms with Crippen LogP contribution < -0.4 is 11.1 Å². The maximum absolute atomic E-state index is 12.6. The van der Waals surface area contributed by atoms with Crippen molar-refractivity contribution in [2.24, 2.45) is 5.73 Å². The Kier molecular flexibility index (Phi) is 3.80. The van der Waals surface area contributed by atoms with Gasteiger partial charge >= 0.3 is 0 Å². The molecule has 0 heterocycles. The highest BCUT2D eigenvalue weighted by molar-refractivity contribution is 5.81. The molecule has 0 aliphatic heterocycles. The summed E-state index contributed by atoms with van der Waals surface area (Å²) in [6, 6.07) is 5.31. The SMILES string of the molecule is CC(N)C(=O)NC(C)c1ccc(F)cc1. The molecule has 4 heteroatoms. The fourth-order valence-corrected chi connectivity index (χ4v) is 1.18. The molecule has 0 saturated heterocycles. The van der Waals surface area contributed by atoms with E-state index in [0.717, 1.165) is 5.56 Å². The molecule has 3 nitrogen and oxygen atoms in total. The monoisotopic (exact) mass is 210 g/mol. The van der Waals surface area contributed by atoms with E-state index in [1.54, 1.807) is 19.1 Å². The zero-order chi connectivity index (χ0) is 11.4. The predicted molar refractivity (Wildman–Crippen MR) is 56.6 cm³/mol. The lowest BCUT2D eigenvalue weighted by Crippen LogP contribution is -2.39. The number of halogens is 1. The quantitative estimate of drug-likeness (QED) is 0.791. The number of nitrogens with one attached hydrogen (secondary N) is 1. The summed E-state index contributed by atoms with van der Waals surface area (Å²) >= 11 is 0. The maximum atomic E-state index is 12.6. The summed E-state index contributed by atoms with van der Waals surface area (Å²) < 4.78 is 12.6. The molecule has 1 aromatic carbocycles. The lowest BCUT2D eigenvalue weighted by atomic mass is 10.1. The van der Waals surface area contributed by atoms with Crippen LogP contribution in [0.4, 0.5) is 4.39 Å². The van der Waals surface area contributed by atoms with Gasteiger partial charge in [-0.1, -0.05) is 12.1 Å². The van der Waals surface area contributed by atoms with Crippen LogP contribution in [-0.4, -0.2) is 11.9 Å². The van der Waals surface area contributed by atoms with Gasteiger partial charge in [-0.2, -0.15) is 0 Å². The first-order chi connectivity index (χ1) is 7.00. The summed E-state index contributed by atoms with van der Waals surface area (Å²) in [5.41, 5.74) is 6.27. The summed E-state index contributed by atoms with van der Waals surface area (Å²) in [7, 11) is 0. The molecule has 3 N–H and O–H groups in total. The molecular formula is C11H15FN2O. The van der Waals surface area contributed by atoms with E-state index in [2.05, 4.69) is 5.32 Å². The molecule has 0 fully saturated rings. The summed E-state index contributed by atoms with van der Waals surface area (Å²) in [4.78, 5) is 11.3. The van der Waals surface area contributed by atoms with Crippen LogP contribution in [0, 0.1) is 5.82 Å². The van der Waals surface area contributed by atoms with Crippen molar-refractivity contribution in [1.82, 2.24) is 5.32 Å². The highest BCUT2D eigenvalue weighted by atomic mass is 19.1. The molecule has 0 spiro atoms. The molecule has 0 saturated carbocycles. The van der Waals surface area contributed by atoms with Gasteiger partial charge in [-0.15, -0.1) is 0 Å². The van der Waals surface area contributed by atoms with Gasteiger partial charge in [0.25, 0.3) is 0 Å². The predicted octanol–water partition coefficient (Wildman–Crippen LogP) is 1.35. The number of benzene rings is 1. The first kappa shape index (κ1) is 11.7. The molecule has 15 heavy (non-hydrogen) atoms. The first-order valence-corrected chi connectivity index (χ1v) is 4.82. The average molecular weight is 210 g/mol. The molecule has 0 bridgehead atoms. The Labute approximate surface area is 88.5 Å². The minimum Gasteiger partial charge on any atom is -0.348 e. The van der Waals surface area contributed by atoms with Crippen LogP contribution in [-0.2, 0) is 4.79 Å². The minimum atomic E-state index is -0.534. The largest absolute Gasteiger partial charge is 0.348 e. The molecule has 0 radical (unpaired) electrons. The Hall–Kier alpha value is -1.42. The lowest BCUT2D eigenvalue weighted by Gasteiger charge is -2.15. The molecule has 0 aromatic heterocycles. The van der Waals surface area contributed by atoms with Gasteiger partial charge in [-0.3, -0.25) is 4.79 Å². The number of carbonyl (C=O) groups excluding carboxylic acids is 1. The zero-order valence-corrected chi connectivity index (χ0v) is 8.83. The maximum Gasteiger partial charge on any atom is 0.237 e. The van der Waals surface area contributed by atoms with Crippen LogP contribution in [0.3, 0.4) is 0 Å². The molecule has 2 atom stereocenters. The van der Waals surface area contributed by atoms with Crippen molar-refractivity contribution in [3.63, 3.8) is 0 Å². The second-order valence-electron chi connectivity index (χ2n) is 3.57. The van der Waals surface area contributed by atoms with Gasteiger partial charge in [0, 0.05) is 0 Å². The molecule has 1 aromatic rings. The van der Waals surface area contributed by atoms with Crippen molar-refractivity contribution in [2.75, 3.05) is 0 Å². The Morgan fingerprint density at radius 1 is 1.33 bits per heavy atom. The molecule has 2 unspecified atom stereocenters. The van der Waals surface area contributed by atoms with Crippen molar-refractivity contribution in [3.8, 4) is 0 Å². The second-order valence-corrected chi connectivity index (χ2v) is 3.57. The van der Waals surface area contributed by atoms with Crippen molar-refractivity contribution >= 4 is 5.91 Å². The zero-order valence-electron chi connectivity index (χ0n) is 8.83. The molecular weight excluding hydrogens is 195 g/mol. The van der Waals surface area contributed by atoms with E-state index in [4.69, 9.17) is 5.73 Å². The number of hydrogen-bond donors (Lipinski definition) is 2. The van der Waals surface area contributed by atoms with Gasteiger partial charge in [0.15, 0.2) is 0 Å². The number of rotatable bonds is 3. The molecule has 0 aliphatic rings. The second kappa shape index (κ2) is 4.89. The van der Waals surface area contributed by atoms with E-state index in [1.807, 2.05) is 6.92 Å². The number of hydrogen-bond acceptors (Lipinski definition) is 2. The van der Waals surface area contributed by atoms with E-state index < -0.39 is 6.04 Å². The van der Waals surface area contributed by atoms with Crippen LogP contribution >= 0.6 is 0 Å². The summed E-state index contributed by atoms with van der Waals surface area (Å²) in [5.74, 6) is -0.503. The van der Waals surface area contributed by atoms with Gasteiger partial charge in [-0.25, -0.2) is 4.39 Å². The fraction of sp³-hybridized carbons (Fsp3) is 0.364. The van der Waals surface area contributed by atoms with E-state index in [-0.39, 0.29) is 17.8 Å². The highest BCUT2D eigenvalue weighted by Gasteiger charge is 2.12. The van der Waals surface area contributed by atoms with Crippen molar-refractivity contribution in [3.05, 3.63) is 35.6 Å². The lowest BCUT2D eigenvalue weighted by molar-refractivity contribution is -0.122. The Bertz CT molecular complexity index is 335. The fourth-order valence-electron chi connectivity index (χ4n) is 1.18. The third-order valence-electron chi connectivity index (χ3n) is 2.14.